The molecule has 2 heterocycles. The van der Waals surface area contributed by atoms with Crippen molar-refractivity contribution in [2.75, 3.05) is 0 Å². The van der Waals surface area contributed by atoms with E-state index in [0.29, 0.717) is 11.7 Å². The van der Waals surface area contributed by atoms with Crippen LogP contribution >= 0.6 is 27.5 Å². The van der Waals surface area contributed by atoms with Gasteiger partial charge in [-0.25, -0.2) is 4.98 Å². The average molecular weight is 306 g/mol. The van der Waals surface area contributed by atoms with Crippen LogP contribution < -0.4 is 5.56 Å². The Labute approximate surface area is 103 Å². The number of halogens is 2. The average Bonchev–Trinajstić information content (AvgIpc) is 2.65. The molecule has 0 bridgehead atoms. The third-order valence-corrected chi connectivity index (χ3v) is 3.05. The summed E-state index contributed by atoms with van der Waals surface area (Å²) in [6.45, 7) is 1.87. The molecule has 0 saturated carbocycles. The van der Waals surface area contributed by atoms with Crippen molar-refractivity contribution < 1.29 is 4.52 Å². The summed E-state index contributed by atoms with van der Waals surface area (Å²) in [6, 6.07) is 0. The van der Waals surface area contributed by atoms with E-state index in [0.717, 1.165) is 0 Å². The molecule has 16 heavy (non-hydrogen) atoms. The zero-order chi connectivity index (χ0) is 11.7. The second-order valence-electron chi connectivity index (χ2n) is 3.02. The second-order valence-corrected chi connectivity index (χ2v) is 4.17. The zero-order valence-electron chi connectivity index (χ0n) is 8.15. The van der Waals surface area contributed by atoms with Gasteiger partial charge in [-0.2, -0.15) is 4.98 Å². The Kier molecular flexibility index (Phi) is 3.06. The highest BCUT2D eigenvalue weighted by Crippen LogP contribution is 2.13. The number of aromatic nitrogens is 4. The first-order chi connectivity index (χ1) is 7.58. The van der Waals surface area contributed by atoms with Crippen LogP contribution in [0.25, 0.3) is 0 Å². The van der Waals surface area contributed by atoms with Crippen molar-refractivity contribution in [3.05, 3.63) is 38.0 Å². The van der Waals surface area contributed by atoms with E-state index in [1.54, 1.807) is 6.92 Å². The maximum Gasteiger partial charge on any atom is 0.269 e. The van der Waals surface area contributed by atoms with E-state index in [9.17, 15) is 4.79 Å². The lowest BCUT2D eigenvalue weighted by Gasteiger charge is -2.02. The van der Waals surface area contributed by atoms with Crippen molar-refractivity contribution in [3.63, 3.8) is 0 Å². The topological polar surface area (TPSA) is 73.8 Å². The Morgan fingerprint density at radius 2 is 2.38 bits per heavy atom. The van der Waals surface area contributed by atoms with Gasteiger partial charge < -0.3 is 4.52 Å². The molecule has 0 aromatic carbocycles. The lowest BCUT2D eigenvalue weighted by atomic mass is 10.5. The third-order valence-electron chi connectivity index (χ3n) is 1.82. The normalized spacial score (nSPS) is 10.7. The summed E-state index contributed by atoms with van der Waals surface area (Å²) >= 11 is 8.72. The van der Waals surface area contributed by atoms with E-state index in [1.807, 2.05) is 0 Å². The van der Waals surface area contributed by atoms with Crippen LogP contribution in [0.15, 0.2) is 20.1 Å². The van der Waals surface area contributed by atoms with Crippen molar-refractivity contribution in [3.8, 4) is 0 Å². The number of hydrogen-bond donors (Lipinski definition) is 0. The van der Waals surface area contributed by atoms with Gasteiger partial charge in [-0.05, 0) is 22.9 Å². The molecule has 2 aromatic rings. The van der Waals surface area contributed by atoms with Crippen molar-refractivity contribution >= 4 is 27.5 Å². The van der Waals surface area contributed by atoms with E-state index < -0.39 is 0 Å². The lowest BCUT2D eigenvalue weighted by molar-refractivity contribution is 0.365. The summed E-state index contributed by atoms with van der Waals surface area (Å²) < 4.78 is 6.43. The van der Waals surface area contributed by atoms with Crippen LogP contribution in [0.1, 0.15) is 11.7 Å². The Hall–Kier alpha value is -1.21. The molecule has 0 aliphatic carbocycles. The van der Waals surface area contributed by atoms with E-state index in [1.165, 1.54) is 10.9 Å². The second kappa shape index (κ2) is 4.34. The van der Waals surface area contributed by atoms with Gasteiger partial charge in [-0.3, -0.25) is 9.36 Å². The van der Waals surface area contributed by atoms with Crippen LogP contribution in [0.2, 0.25) is 5.15 Å². The van der Waals surface area contributed by atoms with Gasteiger partial charge in [0.05, 0.1) is 6.33 Å². The van der Waals surface area contributed by atoms with Gasteiger partial charge in [0.1, 0.15) is 11.0 Å². The molecule has 0 saturated heterocycles. The van der Waals surface area contributed by atoms with Crippen LogP contribution in [0.5, 0.6) is 0 Å². The van der Waals surface area contributed by atoms with Gasteiger partial charge in [0.25, 0.3) is 5.56 Å². The molecular weight excluding hydrogens is 299 g/mol. The minimum atomic E-state index is -0.296. The largest absolute Gasteiger partial charge is 0.337 e. The minimum Gasteiger partial charge on any atom is -0.337 e. The summed E-state index contributed by atoms with van der Waals surface area (Å²) in [4.78, 5) is 19.5. The van der Waals surface area contributed by atoms with Gasteiger partial charge in [0.2, 0.25) is 5.89 Å². The first kappa shape index (κ1) is 11.3. The molecule has 0 fully saturated rings. The molecule has 0 N–H and O–H groups in total. The Morgan fingerprint density at radius 1 is 1.62 bits per heavy atom. The molecule has 0 amide bonds. The fourth-order valence-electron chi connectivity index (χ4n) is 1.11. The monoisotopic (exact) mass is 304 g/mol. The summed E-state index contributed by atoms with van der Waals surface area (Å²) in [6.07, 6.45) is 1.33. The van der Waals surface area contributed by atoms with E-state index in [-0.39, 0.29) is 21.7 Å². The molecule has 0 radical (unpaired) electrons. The highest BCUT2D eigenvalue weighted by atomic mass is 79.9. The molecular formula is C8H6BrClN4O2. The first-order valence-electron chi connectivity index (χ1n) is 4.27. The quantitative estimate of drug-likeness (QED) is 0.784. The van der Waals surface area contributed by atoms with Crippen LogP contribution in [0.3, 0.4) is 0 Å². The molecule has 0 aliphatic heterocycles. The highest BCUT2D eigenvalue weighted by molar-refractivity contribution is 9.10. The fraction of sp³-hybridized carbons (Fsp3) is 0.250. The van der Waals surface area contributed by atoms with Gasteiger partial charge >= 0.3 is 0 Å². The van der Waals surface area contributed by atoms with E-state index in [4.69, 9.17) is 16.1 Å². The molecule has 2 aromatic heterocycles. The van der Waals surface area contributed by atoms with Crippen LogP contribution in [0.4, 0.5) is 0 Å². The first-order valence-corrected chi connectivity index (χ1v) is 5.44. The zero-order valence-corrected chi connectivity index (χ0v) is 10.5. The molecule has 0 atom stereocenters. The number of aryl methyl sites for hydroxylation is 1. The number of rotatable bonds is 2. The molecule has 6 nitrogen and oxygen atoms in total. The van der Waals surface area contributed by atoms with Gasteiger partial charge in [-0.1, -0.05) is 16.8 Å². The molecule has 8 heteroatoms. The van der Waals surface area contributed by atoms with E-state index >= 15 is 0 Å². The van der Waals surface area contributed by atoms with Crippen molar-refractivity contribution in [1.29, 1.82) is 0 Å². The number of hydrogen-bond acceptors (Lipinski definition) is 5. The maximum atomic E-state index is 11.7. The summed E-state index contributed by atoms with van der Waals surface area (Å²) in [5.41, 5.74) is -0.296. The predicted molar refractivity (Wildman–Crippen MR) is 59.3 cm³/mol. The lowest BCUT2D eigenvalue weighted by Crippen LogP contribution is -2.22. The van der Waals surface area contributed by atoms with Crippen LogP contribution in [-0.4, -0.2) is 19.7 Å². The molecule has 0 aliphatic rings. The van der Waals surface area contributed by atoms with Crippen LogP contribution in [-0.2, 0) is 6.54 Å². The fourth-order valence-corrected chi connectivity index (χ4v) is 1.56. The van der Waals surface area contributed by atoms with E-state index in [2.05, 4.69) is 31.1 Å². The Morgan fingerprint density at radius 3 is 3.00 bits per heavy atom. The predicted octanol–water partition coefficient (Wildman–Crippen LogP) is 1.40. The summed E-state index contributed by atoms with van der Waals surface area (Å²) in [7, 11) is 0. The molecule has 84 valence electrons. The van der Waals surface area contributed by atoms with Crippen molar-refractivity contribution in [1.82, 2.24) is 19.7 Å². The van der Waals surface area contributed by atoms with Gasteiger partial charge in [0, 0.05) is 0 Å². The van der Waals surface area contributed by atoms with Crippen molar-refractivity contribution in [2.45, 2.75) is 13.5 Å². The SMILES string of the molecule is Cc1noc(Cn2cnc(Cl)c(Br)c2=O)n1. The Bertz CT molecular complexity index is 580. The highest BCUT2D eigenvalue weighted by Gasteiger charge is 2.10. The summed E-state index contributed by atoms with van der Waals surface area (Å²) in [5.74, 6) is 0.861. The minimum absolute atomic E-state index is 0.128. The molecule has 0 spiro atoms. The smallest absolute Gasteiger partial charge is 0.269 e. The maximum absolute atomic E-state index is 11.7. The molecule has 0 unspecified atom stereocenters. The third kappa shape index (κ3) is 2.14. The number of nitrogens with zero attached hydrogens (tertiary/aromatic N) is 4. The van der Waals surface area contributed by atoms with Gasteiger partial charge in [-0.15, -0.1) is 0 Å². The molecule has 2 rings (SSSR count). The Balaban J connectivity index is 2.36. The summed E-state index contributed by atoms with van der Waals surface area (Å²) in [5, 5.41) is 3.75. The van der Waals surface area contributed by atoms with Crippen molar-refractivity contribution in [2.24, 2.45) is 0 Å². The van der Waals surface area contributed by atoms with Crippen LogP contribution in [0, 0.1) is 6.92 Å². The van der Waals surface area contributed by atoms with Gasteiger partial charge in [0.15, 0.2) is 11.0 Å². The standard InChI is InChI=1S/C8H6BrClN4O2/c1-4-12-5(16-13-4)2-14-3-11-7(10)6(9)8(14)15/h3H,2H2,1H3.